The third-order valence-corrected chi connectivity index (χ3v) is 40.0. The number of hydrogen-bond acceptors (Lipinski definition) is 6. The molecule has 0 atom stereocenters. The Labute approximate surface area is 307 Å². The van der Waals surface area contributed by atoms with Crippen molar-refractivity contribution >= 4 is 42.6 Å². The Bertz CT molecular complexity index is 717. The predicted molar refractivity (Wildman–Crippen MR) is 222 cm³/mol. The predicted octanol–water partition coefficient (Wildman–Crippen LogP) is 13.3. The summed E-state index contributed by atoms with van der Waals surface area (Å²) in [5.41, 5.74) is 4.16. The highest BCUT2D eigenvalue weighted by Crippen LogP contribution is 2.53. The third kappa shape index (κ3) is 11.2. The molecule has 0 bridgehead atoms. The largest absolute Gasteiger partial charge is 0.500 e. The first-order valence-electron chi connectivity index (χ1n) is 19.8. The van der Waals surface area contributed by atoms with E-state index in [2.05, 4.69) is 125 Å². The Morgan fingerprint density at radius 3 is 0.667 bits per heavy atom. The van der Waals surface area contributed by atoms with Crippen molar-refractivity contribution in [1.82, 2.24) is 0 Å². The molecule has 0 spiro atoms. The summed E-state index contributed by atoms with van der Waals surface area (Å²) in [6.07, 6.45) is 5.56. The number of unbranched alkanes of at least 4 members (excludes halogenated alkanes) is 4. The summed E-state index contributed by atoms with van der Waals surface area (Å²) < 4.78 is 41.6. The van der Waals surface area contributed by atoms with E-state index in [0.717, 1.165) is 44.2 Å². The van der Waals surface area contributed by atoms with E-state index in [-0.39, 0.29) is 0 Å². The quantitative estimate of drug-likeness (QED) is 0.0645. The Morgan fingerprint density at radius 2 is 0.479 bits per heavy atom. The van der Waals surface area contributed by atoms with E-state index in [1.165, 1.54) is 0 Å². The lowest BCUT2D eigenvalue weighted by molar-refractivity contribution is 0.122. The van der Waals surface area contributed by atoms with Gasteiger partial charge in [0, 0.05) is 33.4 Å². The summed E-state index contributed by atoms with van der Waals surface area (Å²) in [5, 5.41) is 0. The SMILES string of the molecule is CO[Si](CCCCCCC[Si](O[Si](C(C)C)(C(C)C)C(C)C)(O[Si](C(C)C)(C(C)C)C(C)C)O[Si](C(C)C)(C(C)C)C(C)C)(OC)OC. The van der Waals surface area contributed by atoms with E-state index in [0.29, 0.717) is 49.9 Å². The molecule has 0 unspecified atom stereocenters. The molecule has 11 heteroatoms. The molecule has 48 heavy (non-hydrogen) atoms. The Kier molecular flexibility index (Phi) is 21.3. The molecule has 0 aliphatic rings. The second-order valence-corrected chi connectivity index (χ2v) is 40.4. The maximum absolute atomic E-state index is 8.20. The van der Waals surface area contributed by atoms with Gasteiger partial charge in [-0.1, -0.05) is 144 Å². The first-order valence-corrected chi connectivity index (χ1v) is 30.0. The maximum atomic E-state index is 8.20. The highest BCUT2D eigenvalue weighted by atomic mass is 28.5. The van der Waals surface area contributed by atoms with Gasteiger partial charge in [0.1, 0.15) is 0 Å². The van der Waals surface area contributed by atoms with Crippen LogP contribution in [0.5, 0.6) is 0 Å². The smallest absolute Gasteiger partial charge is 0.415 e. The Morgan fingerprint density at radius 1 is 0.292 bits per heavy atom. The van der Waals surface area contributed by atoms with Gasteiger partial charge < -0.3 is 25.6 Å². The van der Waals surface area contributed by atoms with E-state index in [1.807, 2.05) is 0 Å². The molecule has 0 rings (SSSR count). The maximum Gasteiger partial charge on any atom is 0.500 e. The summed E-state index contributed by atoms with van der Waals surface area (Å²) in [7, 11) is -7.75. The minimum absolute atomic E-state index is 0.463. The van der Waals surface area contributed by atoms with Crippen molar-refractivity contribution in [3.8, 4) is 0 Å². The molecule has 0 aromatic rings. The van der Waals surface area contributed by atoms with Gasteiger partial charge in [-0.15, -0.1) is 0 Å². The molecule has 0 aromatic heterocycles. The molecular weight excluding hydrogens is 681 g/mol. The highest BCUT2D eigenvalue weighted by molar-refractivity contribution is 6.94. The van der Waals surface area contributed by atoms with Crippen LogP contribution in [0.2, 0.25) is 62.0 Å². The standard InChI is InChI=1S/C37H86O6Si5/c1-29(2)46(30(3)4,31(5)6)41-45(42-47(32(7)8,33(9)10)34(11)12,43-48(35(13)14,36(15)16)37(17)18)28-26-24-22-23-25-27-44(38-19,39-20)40-21/h29-37H,22-28H2,1-21H3. The van der Waals surface area contributed by atoms with Crippen LogP contribution in [0.3, 0.4) is 0 Å². The number of hydrogen-bond donors (Lipinski definition) is 0. The molecule has 0 amide bonds. The average molecular weight is 768 g/mol. The fourth-order valence-corrected chi connectivity index (χ4v) is 42.1. The van der Waals surface area contributed by atoms with E-state index in [9.17, 15) is 0 Å². The molecular formula is C37H86O6Si5. The average Bonchev–Trinajstić information content (AvgIpc) is 2.97. The van der Waals surface area contributed by atoms with Gasteiger partial charge in [-0.2, -0.15) is 0 Å². The van der Waals surface area contributed by atoms with Crippen LogP contribution in [-0.2, 0) is 25.6 Å². The van der Waals surface area contributed by atoms with Crippen molar-refractivity contribution in [3.05, 3.63) is 0 Å². The van der Waals surface area contributed by atoms with Crippen LogP contribution in [-0.4, -0.2) is 63.9 Å². The van der Waals surface area contributed by atoms with Crippen molar-refractivity contribution in [1.29, 1.82) is 0 Å². The molecule has 0 radical (unpaired) electrons. The Hall–Kier alpha value is 0.844. The van der Waals surface area contributed by atoms with Crippen LogP contribution < -0.4 is 0 Å². The zero-order valence-corrected chi connectivity index (χ0v) is 41.1. The minimum atomic E-state index is -3.25. The lowest BCUT2D eigenvalue weighted by Gasteiger charge is -2.56. The van der Waals surface area contributed by atoms with Gasteiger partial charge in [-0.25, -0.2) is 0 Å². The summed E-state index contributed by atoms with van der Waals surface area (Å²) in [6, 6.07) is 1.77. The molecule has 0 saturated heterocycles. The molecule has 290 valence electrons. The summed E-state index contributed by atoms with van der Waals surface area (Å²) >= 11 is 0. The molecule has 0 fully saturated rings. The first-order chi connectivity index (χ1) is 22.0. The van der Waals surface area contributed by atoms with Crippen LogP contribution in [0, 0.1) is 0 Å². The second kappa shape index (κ2) is 20.9. The minimum Gasteiger partial charge on any atom is -0.415 e. The van der Waals surface area contributed by atoms with Crippen LogP contribution in [0.4, 0.5) is 0 Å². The summed E-state index contributed by atoms with van der Waals surface area (Å²) in [6.45, 7) is 43.6. The fourth-order valence-electron chi connectivity index (χ4n) is 9.85. The van der Waals surface area contributed by atoms with E-state index >= 15 is 0 Å². The van der Waals surface area contributed by atoms with Gasteiger partial charge in [-0.05, 0) is 62.7 Å². The van der Waals surface area contributed by atoms with Crippen molar-refractivity contribution < 1.29 is 25.6 Å². The monoisotopic (exact) mass is 767 g/mol. The first kappa shape index (κ1) is 48.8. The molecule has 0 aliphatic heterocycles. The van der Waals surface area contributed by atoms with E-state index in [4.69, 9.17) is 25.6 Å². The van der Waals surface area contributed by atoms with Crippen LogP contribution in [0.15, 0.2) is 0 Å². The van der Waals surface area contributed by atoms with Gasteiger partial charge in [0.15, 0.2) is 25.0 Å². The molecule has 0 aromatic carbocycles. The second-order valence-electron chi connectivity index (χ2n) is 17.5. The van der Waals surface area contributed by atoms with Gasteiger partial charge in [0.05, 0.1) is 0 Å². The van der Waals surface area contributed by atoms with Crippen molar-refractivity contribution in [2.24, 2.45) is 0 Å². The summed E-state index contributed by atoms with van der Waals surface area (Å²) in [4.78, 5) is 0. The molecule has 6 nitrogen and oxygen atoms in total. The van der Waals surface area contributed by atoms with Crippen molar-refractivity contribution in [2.75, 3.05) is 21.3 Å². The molecule has 0 N–H and O–H groups in total. The van der Waals surface area contributed by atoms with Crippen molar-refractivity contribution in [2.45, 2.75) is 219 Å². The van der Waals surface area contributed by atoms with Crippen molar-refractivity contribution in [3.63, 3.8) is 0 Å². The van der Waals surface area contributed by atoms with Gasteiger partial charge >= 0.3 is 17.6 Å². The molecule has 0 saturated carbocycles. The number of rotatable bonds is 26. The van der Waals surface area contributed by atoms with Gasteiger partial charge in [0.2, 0.25) is 0 Å². The Balaban J connectivity index is 7.36. The zero-order valence-electron chi connectivity index (χ0n) is 36.1. The molecule has 0 aliphatic carbocycles. The normalized spacial score (nSPS) is 14.6. The lowest BCUT2D eigenvalue weighted by Crippen LogP contribution is -2.69. The van der Waals surface area contributed by atoms with E-state index < -0.39 is 42.6 Å². The van der Waals surface area contributed by atoms with Crippen LogP contribution in [0.25, 0.3) is 0 Å². The van der Waals surface area contributed by atoms with E-state index in [1.54, 1.807) is 21.3 Å². The topological polar surface area (TPSA) is 55.4 Å². The molecule has 0 heterocycles. The fraction of sp³-hybridized carbons (Fsp3) is 1.00. The highest BCUT2D eigenvalue weighted by Gasteiger charge is 2.63. The third-order valence-electron chi connectivity index (χ3n) is 12.0. The summed E-state index contributed by atoms with van der Waals surface area (Å²) in [5.74, 6) is 0. The van der Waals surface area contributed by atoms with Crippen LogP contribution in [0.1, 0.15) is 157 Å². The lowest BCUT2D eigenvalue weighted by atomic mass is 10.2. The van der Waals surface area contributed by atoms with Gasteiger partial charge in [0.25, 0.3) is 0 Å². The zero-order chi connectivity index (χ0) is 37.9. The van der Waals surface area contributed by atoms with Gasteiger partial charge in [-0.3, -0.25) is 0 Å². The van der Waals surface area contributed by atoms with Crippen LogP contribution >= 0.6 is 0 Å².